The van der Waals surface area contributed by atoms with Crippen molar-refractivity contribution in [1.82, 2.24) is 0 Å². The van der Waals surface area contributed by atoms with Crippen LogP contribution in [0, 0.1) is 0 Å². The molecule has 0 aromatic carbocycles. The van der Waals surface area contributed by atoms with Crippen molar-refractivity contribution in [2.24, 2.45) is 0 Å². The molecule has 0 aromatic rings. The summed E-state index contributed by atoms with van der Waals surface area (Å²) < 4.78 is 176. The highest BCUT2D eigenvalue weighted by Gasteiger charge is 2.90. The van der Waals surface area contributed by atoms with Crippen LogP contribution in [0.25, 0.3) is 0 Å². The molecule has 0 spiro atoms. The summed E-state index contributed by atoms with van der Waals surface area (Å²) in [7, 11) is 0. The number of esters is 1. The molecule has 0 aliphatic carbocycles. The smallest absolute Gasteiger partial charge is 0.460 e. The molecule has 0 bridgehead atoms. The highest BCUT2D eigenvalue weighted by Crippen LogP contribution is 2.60. The first-order valence-corrected chi connectivity index (χ1v) is 7.61. The Morgan fingerprint density at radius 1 is 0.806 bits per heavy atom. The van der Waals surface area contributed by atoms with Crippen molar-refractivity contribution >= 4 is 5.97 Å². The summed E-state index contributed by atoms with van der Waals surface area (Å²) in [4.78, 5) is 10.7. The topological polar surface area (TPSA) is 55.8 Å². The second kappa shape index (κ2) is 9.38. The molecule has 0 heterocycles. The molecule has 17 heteroatoms. The summed E-state index contributed by atoms with van der Waals surface area (Å²) in [6.07, 6.45) is -11.1. The number of carbonyl (C=O) groups excluding carboxylic acids is 1. The molecule has 0 aliphatic rings. The molecule has 4 nitrogen and oxygen atoms in total. The summed E-state index contributed by atoms with van der Waals surface area (Å²) in [5, 5.41) is 9.20. The van der Waals surface area contributed by atoms with E-state index in [1.165, 1.54) is 0 Å². The molecule has 1 unspecified atom stereocenters. The fraction of sp³-hybridized carbons (Fsp3) is 0.786. The molecule has 0 saturated heterocycles. The van der Waals surface area contributed by atoms with Crippen LogP contribution in [-0.4, -0.2) is 72.8 Å². The molecule has 0 aliphatic heterocycles. The maximum absolute atomic E-state index is 13.4. The van der Waals surface area contributed by atoms with Gasteiger partial charge in [0.05, 0.1) is 13.2 Å². The van der Waals surface area contributed by atoms with E-state index in [1.54, 1.807) is 0 Å². The molecular formula is C14H13F13O4. The standard InChI is InChI=1S/C14H13F13O4/c1-2-8(29)31-6-7(28)5-30-4-3-9(15,16)10(17,18)11(19,20)12(21,22)13(23,24)14(25,26)27/h2,7,28H,1,3-6H2. The first kappa shape index (κ1) is 29.2. The molecule has 0 saturated carbocycles. The Kier molecular flexibility index (Phi) is 8.84. The van der Waals surface area contributed by atoms with Crippen LogP contribution < -0.4 is 0 Å². The summed E-state index contributed by atoms with van der Waals surface area (Å²) in [6.45, 7) is -0.573. The number of carbonyl (C=O) groups is 1. The molecule has 0 radical (unpaired) electrons. The Balaban J connectivity index is 5.29. The van der Waals surface area contributed by atoms with Crippen molar-refractivity contribution in [3.8, 4) is 0 Å². The van der Waals surface area contributed by atoms with Crippen LogP contribution in [0.2, 0.25) is 0 Å². The number of halogens is 13. The lowest BCUT2D eigenvalue weighted by molar-refractivity contribution is -0.440. The van der Waals surface area contributed by atoms with Crippen molar-refractivity contribution in [3.05, 3.63) is 12.7 Å². The van der Waals surface area contributed by atoms with Gasteiger partial charge in [-0.05, 0) is 0 Å². The van der Waals surface area contributed by atoms with Gasteiger partial charge in [0.2, 0.25) is 0 Å². The lowest BCUT2D eigenvalue weighted by Crippen LogP contribution is -2.70. The minimum absolute atomic E-state index is 0.647. The third kappa shape index (κ3) is 5.72. The average Bonchev–Trinajstić information content (AvgIpc) is 2.61. The fourth-order valence-electron chi connectivity index (χ4n) is 1.66. The van der Waals surface area contributed by atoms with Gasteiger partial charge in [-0.1, -0.05) is 6.58 Å². The zero-order chi connectivity index (χ0) is 25.1. The van der Waals surface area contributed by atoms with Crippen molar-refractivity contribution in [2.45, 2.75) is 48.3 Å². The number of rotatable bonds is 12. The minimum atomic E-state index is -7.96. The monoisotopic (exact) mass is 492 g/mol. The molecule has 0 aromatic heterocycles. The Hall–Kier alpha value is -1.78. The zero-order valence-corrected chi connectivity index (χ0v) is 14.8. The van der Waals surface area contributed by atoms with Crippen molar-refractivity contribution in [2.75, 3.05) is 19.8 Å². The summed E-state index contributed by atoms with van der Waals surface area (Å²) >= 11 is 0. The molecule has 184 valence electrons. The Morgan fingerprint density at radius 3 is 1.68 bits per heavy atom. The summed E-state index contributed by atoms with van der Waals surface area (Å²) in [5.41, 5.74) is 0. The van der Waals surface area contributed by atoms with Crippen LogP contribution in [0.1, 0.15) is 6.42 Å². The first-order chi connectivity index (χ1) is 13.6. The number of alkyl halides is 13. The van der Waals surface area contributed by atoms with Crippen LogP contribution in [-0.2, 0) is 14.3 Å². The first-order valence-electron chi connectivity index (χ1n) is 7.61. The van der Waals surface area contributed by atoms with Crippen molar-refractivity contribution in [1.29, 1.82) is 0 Å². The van der Waals surface area contributed by atoms with E-state index < -0.39 is 74.1 Å². The summed E-state index contributed by atoms with van der Waals surface area (Å²) in [5.74, 6) is -38.3. The minimum Gasteiger partial charge on any atom is -0.460 e. The van der Waals surface area contributed by atoms with E-state index in [0.29, 0.717) is 6.08 Å². The lowest BCUT2D eigenvalue weighted by Gasteiger charge is -2.39. The quantitative estimate of drug-likeness (QED) is 0.192. The molecule has 0 rings (SSSR count). The maximum atomic E-state index is 13.4. The fourth-order valence-corrected chi connectivity index (χ4v) is 1.66. The van der Waals surface area contributed by atoms with E-state index in [4.69, 9.17) is 0 Å². The molecular weight excluding hydrogens is 479 g/mol. The third-order valence-electron chi connectivity index (χ3n) is 3.45. The van der Waals surface area contributed by atoms with Crippen LogP contribution in [0.3, 0.4) is 0 Å². The van der Waals surface area contributed by atoms with Crippen LogP contribution in [0.5, 0.6) is 0 Å². The largest absolute Gasteiger partial charge is 0.460 e. The van der Waals surface area contributed by atoms with E-state index in [1.807, 2.05) is 0 Å². The van der Waals surface area contributed by atoms with E-state index in [-0.39, 0.29) is 0 Å². The average molecular weight is 492 g/mol. The van der Waals surface area contributed by atoms with Gasteiger partial charge in [-0.3, -0.25) is 0 Å². The molecule has 0 amide bonds. The maximum Gasteiger partial charge on any atom is 0.460 e. The van der Waals surface area contributed by atoms with Gasteiger partial charge < -0.3 is 14.6 Å². The number of hydrogen-bond acceptors (Lipinski definition) is 4. The number of hydrogen-bond donors (Lipinski definition) is 1. The highest BCUT2D eigenvalue weighted by atomic mass is 19.4. The van der Waals surface area contributed by atoms with Gasteiger partial charge in [-0.25, -0.2) is 4.79 Å². The molecule has 31 heavy (non-hydrogen) atoms. The van der Waals surface area contributed by atoms with Gasteiger partial charge in [0.25, 0.3) is 0 Å². The second-order valence-corrected chi connectivity index (χ2v) is 5.81. The van der Waals surface area contributed by atoms with Gasteiger partial charge in [-0.15, -0.1) is 0 Å². The Labute approximate surface area is 164 Å². The van der Waals surface area contributed by atoms with Gasteiger partial charge in [-0.2, -0.15) is 57.1 Å². The van der Waals surface area contributed by atoms with E-state index in [0.717, 1.165) is 0 Å². The second-order valence-electron chi connectivity index (χ2n) is 5.81. The van der Waals surface area contributed by atoms with Gasteiger partial charge in [0, 0.05) is 12.5 Å². The Bertz CT molecular complexity index is 630. The zero-order valence-electron chi connectivity index (χ0n) is 14.8. The van der Waals surface area contributed by atoms with Gasteiger partial charge in [0.15, 0.2) is 0 Å². The lowest BCUT2D eigenvalue weighted by atomic mass is 9.93. The number of ether oxygens (including phenoxy) is 2. The van der Waals surface area contributed by atoms with E-state index >= 15 is 0 Å². The Morgan fingerprint density at radius 2 is 1.26 bits per heavy atom. The van der Waals surface area contributed by atoms with Crippen LogP contribution in [0.15, 0.2) is 12.7 Å². The predicted octanol–water partition coefficient (Wildman–Crippen LogP) is 4.22. The molecule has 1 N–H and O–H groups in total. The van der Waals surface area contributed by atoms with Crippen LogP contribution in [0.4, 0.5) is 57.1 Å². The number of aliphatic hydroxyl groups is 1. The molecule has 1 atom stereocenters. The summed E-state index contributed by atoms with van der Waals surface area (Å²) in [6, 6.07) is 0. The predicted molar refractivity (Wildman–Crippen MR) is 73.4 cm³/mol. The van der Waals surface area contributed by atoms with Crippen molar-refractivity contribution < 1.29 is 76.5 Å². The number of aliphatic hydroxyl groups excluding tert-OH is 1. The SMILES string of the molecule is C=CC(=O)OCC(O)COCCC(F)(F)C(F)(F)C(F)(F)C(F)(F)C(F)(F)C(F)(F)F. The van der Waals surface area contributed by atoms with Crippen molar-refractivity contribution in [3.63, 3.8) is 0 Å². The van der Waals surface area contributed by atoms with Gasteiger partial charge >= 0.3 is 41.8 Å². The van der Waals surface area contributed by atoms with Gasteiger partial charge in [0.1, 0.15) is 12.7 Å². The highest BCUT2D eigenvalue weighted by molar-refractivity contribution is 5.81. The molecule has 0 fully saturated rings. The van der Waals surface area contributed by atoms with E-state index in [2.05, 4.69) is 16.1 Å². The third-order valence-corrected chi connectivity index (χ3v) is 3.45. The van der Waals surface area contributed by atoms with Crippen LogP contribution >= 0.6 is 0 Å². The normalized spacial score (nSPS) is 15.5. The van der Waals surface area contributed by atoms with E-state index in [9.17, 15) is 67.0 Å².